The fraction of sp³-hybridized carbons (Fsp3) is 0.440. The minimum absolute atomic E-state index is 0.189. The maximum absolute atomic E-state index is 13.0. The number of hydrogen-bond donors (Lipinski definition) is 3. The van der Waals surface area contributed by atoms with Crippen molar-refractivity contribution in [3.8, 4) is 0 Å². The molecule has 8 nitrogen and oxygen atoms in total. The Labute approximate surface area is 196 Å². The summed E-state index contributed by atoms with van der Waals surface area (Å²) in [4.78, 5) is 0. The summed E-state index contributed by atoms with van der Waals surface area (Å²) < 4.78 is 27.3. The normalized spacial score (nSPS) is 29.9. The summed E-state index contributed by atoms with van der Waals surface area (Å²) in [6.45, 7) is 0. The molecule has 0 amide bonds. The average molecular weight is 475 g/mol. The first-order valence-corrected chi connectivity index (χ1v) is 13.8. The number of aromatic nitrogens is 4. The Kier molecular flexibility index (Phi) is 3.58. The van der Waals surface area contributed by atoms with Crippen LogP contribution in [0.2, 0.25) is 0 Å². The van der Waals surface area contributed by atoms with Crippen molar-refractivity contribution in [3.63, 3.8) is 0 Å². The molecule has 9 heteroatoms. The van der Waals surface area contributed by atoms with Gasteiger partial charge in [-0.1, -0.05) is 6.07 Å². The highest BCUT2D eigenvalue weighted by Crippen LogP contribution is 2.64. The first kappa shape index (κ1) is 19.3. The van der Waals surface area contributed by atoms with Gasteiger partial charge in [0.2, 0.25) is 0 Å². The Hall–Kier alpha value is -3.07. The molecular formula is C25H26N6O2S. The molecule has 3 fully saturated rings. The van der Waals surface area contributed by atoms with Gasteiger partial charge in [-0.25, -0.2) is 8.42 Å². The quantitative estimate of drug-likeness (QED) is 0.411. The Morgan fingerprint density at radius 3 is 2.74 bits per heavy atom. The number of nitrogens with two attached hydrogens (primary N) is 1. The van der Waals surface area contributed by atoms with Gasteiger partial charge in [0, 0.05) is 16.5 Å². The van der Waals surface area contributed by atoms with Crippen LogP contribution in [0, 0.1) is 17.8 Å². The van der Waals surface area contributed by atoms with Gasteiger partial charge >= 0.3 is 0 Å². The minimum atomic E-state index is -3.42. The lowest BCUT2D eigenvalue weighted by atomic mass is 9.67. The molecule has 2 bridgehead atoms. The molecule has 0 spiro atoms. The molecule has 8 rings (SSSR count). The topological polar surface area (TPSA) is 119 Å². The zero-order valence-electron chi connectivity index (χ0n) is 18.6. The van der Waals surface area contributed by atoms with Crippen LogP contribution in [0.5, 0.6) is 0 Å². The lowest BCUT2D eigenvalue weighted by Gasteiger charge is -2.43. The van der Waals surface area contributed by atoms with Gasteiger partial charge in [-0.05, 0) is 91.2 Å². The van der Waals surface area contributed by atoms with E-state index in [0.29, 0.717) is 29.5 Å². The zero-order chi connectivity index (χ0) is 22.8. The van der Waals surface area contributed by atoms with Crippen molar-refractivity contribution >= 4 is 43.3 Å². The van der Waals surface area contributed by atoms with Crippen molar-refractivity contribution in [2.45, 2.75) is 49.3 Å². The second-order valence-corrected chi connectivity index (χ2v) is 12.7. The lowest BCUT2D eigenvalue weighted by molar-refractivity contribution is 0.249. The molecule has 3 aliphatic carbocycles. The number of aromatic amines is 1. The standard InChI is InChI=1S/C25H26N6O2S/c26-25-16-10-14(3-6-18(16)29-30-25)24-22-13-2-1-12(9-13)21(22)23-17-11-27-31(34(32,33)15-4-5-15)20(17)8-7-19(23)28-24/h3,6-8,10-13,15,21-22,24,28H,1-2,4-5,9H2,(H3,26,29,30)/t12-,13+,21+,22-,24+/m1/s1. The van der Waals surface area contributed by atoms with E-state index in [1.54, 1.807) is 6.20 Å². The van der Waals surface area contributed by atoms with E-state index >= 15 is 0 Å². The SMILES string of the molecule is Nc1n[nH]c2ccc([C@@H]3Nc4ccc5c(cnn5S(=O)(=O)C5CC5)c4[C@H]4[C@@H]5CC[C@@H](C5)[C@H]43)cc12. The van der Waals surface area contributed by atoms with E-state index in [1.807, 2.05) is 6.07 Å². The van der Waals surface area contributed by atoms with E-state index < -0.39 is 10.0 Å². The number of nitrogens with zero attached hydrogens (tertiary/aromatic N) is 3. The van der Waals surface area contributed by atoms with Gasteiger partial charge in [-0.3, -0.25) is 5.10 Å². The van der Waals surface area contributed by atoms with Crippen molar-refractivity contribution in [3.05, 3.63) is 47.7 Å². The fourth-order valence-electron chi connectivity index (χ4n) is 7.35. The number of nitrogens with one attached hydrogen (secondary N) is 2. The highest BCUT2D eigenvalue weighted by Gasteiger charge is 2.54. The predicted molar refractivity (Wildman–Crippen MR) is 131 cm³/mol. The first-order valence-electron chi connectivity index (χ1n) is 12.3. The summed E-state index contributed by atoms with van der Waals surface area (Å²) in [6, 6.07) is 10.6. The lowest BCUT2D eigenvalue weighted by Crippen LogP contribution is -2.35. The Morgan fingerprint density at radius 2 is 1.88 bits per heavy atom. The van der Waals surface area contributed by atoms with Crippen LogP contribution in [0.1, 0.15) is 55.2 Å². The van der Waals surface area contributed by atoms with E-state index in [9.17, 15) is 8.42 Å². The van der Waals surface area contributed by atoms with Crippen LogP contribution >= 0.6 is 0 Å². The first-order chi connectivity index (χ1) is 16.5. The van der Waals surface area contributed by atoms with E-state index in [2.05, 4.69) is 44.9 Å². The summed E-state index contributed by atoms with van der Waals surface area (Å²) in [5.41, 5.74) is 11.4. The Morgan fingerprint density at radius 1 is 1.03 bits per heavy atom. The molecule has 0 unspecified atom stereocenters. The zero-order valence-corrected chi connectivity index (χ0v) is 19.4. The number of H-pyrrole nitrogens is 1. The summed E-state index contributed by atoms with van der Waals surface area (Å²) in [7, 11) is -3.42. The van der Waals surface area contributed by atoms with Gasteiger partial charge in [0.05, 0.1) is 28.5 Å². The summed E-state index contributed by atoms with van der Waals surface area (Å²) in [6.07, 6.45) is 7.01. The minimum Gasteiger partial charge on any atom is -0.382 e. The third-order valence-electron chi connectivity index (χ3n) is 8.93. The second-order valence-electron chi connectivity index (χ2n) is 10.7. The van der Waals surface area contributed by atoms with Gasteiger partial charge in [0.15, 0.2) is 5.82 Å². The molecule has 2 aromatic carbocycles. The largest absolute Gasteiger partial charge is 0.382 e. The molecule has 0 saturated heterocycles. The molecular weight excluding hydrogens is 448 g/mol. The average Bonchev–Trinajstić information content (AvgIpc) is 3.18. The van der Waals surface area contributed by atoms with Crippen LogP contribution in [-0.2, 0) is 10.0 Å². The highest BCUT2D eigenvalue weighted by molar-refractivity contribution is 7.90. The molecule has 4 aliphatic rings. The van der Waals surface area contributed by atoms with Crippen molar-refractivity contribution < 1.29 is 8.42 Å². The molecule has 34 heavy (non-hydrogen) atoms. The Bertz CT molecular complexity index is 1600. The van der Waals surface area contributed by atoms with Gasteiger partial charge in [-0.2, -0.15) is 14.3 Å². The van der Waals surface area contributed by atoms with E-state index in [0.717, 1.165) is 40.3 Å². The van der Waals surface area contributed by atoms with Crippen molar-refractivity contribution in [2.24, 2.45) is 17.8 Å². The number of nitrogen functional groups attached to an aromatic ring is 1. The van der Waals surface area contributed by atoms with Crippen LogP contribution in [0.15, 0.2) is 36.5 Å². The number of benzene rings is 2. The highest BCUT2D eigenvalue weighted by atomic mass is 32.2. The van der Waals surface area contributed by atoms with Gasteiger partial charge in [0.25, 0.3) is 10.0 Å². The van der Waals surface area contributed by atoms with Crippen molar-refractivity contribution in [1.82, 2.24) is 19.4 Å². The second kappa shape index (κ2) is 6.33. The predicted octanol–water partition coefficient (Wildman–Crippen LogP) is 4.13. The summed E-state index contributed by atoms with van der Waals surface area (Å²) >= 11 is 0. The molecule has 3 heterocycles. The van der Waals surface area contributed by atoms with Gasteiger partial charge < -0.3 is 11.1 Å². The smallest absolute Gasteiger partial charge is 0.257 e. The fourth-order valence-corrected chi connectivity index (χ4v) is 8.98. The monoisotopic (exact) mass is 474 g/mol. The molecule has 3 saturated carbocycles. The van der Waals surface area contributed by atoms with Gasteiger partial charge in [0.1, 0.15) is 0 Å². The van der Waals surface area contributed by atoms with Crippen molar-refractivity contribution in [2.75, 3.05) is 11.1 Å². The molecule has 2 aromatic heterocycles. The van der Waals surface area contributed by atoms with Crippen LogP contribution in [0.25, 0.3) is 21.8 Å². The number of rotatable bonds is 3. The number of fused-ring (bicyclic) bond motifs is 10. The van der Waals surface area contributed by atoms with Crippen LogP contribution in [0.3, 0.4) is 0 Å². The van der Waals surface area contributed by atoms with E-state index in [1.165, 1.54) is 34.5 Å². The molecule has 174 valence electrons. The van der Waals surface area contributed by atoms with Crippen LogP contribution in [0.4, 0.5) is 11.5 Å². The molecule has 4 N–H and O–H groups in total. The number of anilines is 2. The van der Waals surface area contributed by atoms with Crippen LogP contribution in [-0.4, -0.2) is 33.1 Å². The molecule has 4 aromatic rings. The third-order valence-corrected chi connectivity index (χ3v) is 11.0. The summed E-state index contributed by atoms with van der Waals surface area (Å²) in [5.74, 6) is 2.70. The maximum Gasteiger partial charge on any atom is 0.257 e. The van der Waals surface area contributed by atoms with E-state index in [4.69, 9.17) is 5.73 Å². The maximum atomic E-state index is 13.0. The van der Waals surface area contributed by atoms with Crippen LogP contribution < -0.4 is 11.1 Å². The molecule has 5 atom stereocenters. The third kappa shape index (κ3) is 2.40. The number of hydrogen-bond acceptors (Lipinski definition) is 6. The van der Waals surface area contributed by atoms with E-state index in [-0.39, 0.29) is 11.3 Å². The van der Waals surface area contributed by atoms with Crippen molar-refractivity contribution in [1.29, 1.82) is 0 Å². The van der Waals surface area contributed by atoms with Gasteiger partial charge in [-0.15, -0.1) is 0 Å². The summed E-state index contributed by atoms with van der Waals surface area (Å²) in [5, 5.41) is 17.1. The molecule has 0 radical (unpaired) electrons. The molecule has 1 aliphatic heterocycles. The Balaban J connectivity index is 1.31.